The number of benzene rings is 2. The number of para-hydroxylation sites is 1. The molecule has 0 radical (unpaired) electrons. The van der Waals surface area contributed by atoms with Gasteiger partial charge in [0.25, 0.3) is 5.91 Å². The molecule has 1 amide bonds. The van der Waals surface area contributed by atoms with Gasteiger partial charge in [-0.25, -0.2) is 4.99 Å². The summed E-state index contributed by atoms with van der Waals surface area (Å²) in [4.78, 5) is 16.8. The topological polar surface area (TPSA) is 54.6 Å². The van der Waals surface area contributed by atoms with Crippen LogP contribution in [0.2, 0.25) is 5.02 Å². The van der Waals surface area contributed by atoms with Crippen molar-refractivity contribution in [2.45, 2.75) is 6.92 Å². The van der Waals surface area contributed by atoms with Gasteiger partial charge >= 0.3 is 0 Å². The van der Waals surface area contributed by atoms with Crippen LogP contribution >= 0.6 is 35.2 Å². The molecule has 0 atom stereocenters. The molecule has 0 bridgehead atoms. The van der Waals surface area contributed by atoms with Gasteiger partial charge in [0.15, 0.2) is 3.95 Å². The highest BCUT2D eigenvalue weighted by Crippen LogP contribution is 2.35. The van der Waals surface area contributed by atoms with Crippen molar-refractivity contribution in [1.29, 1.82) is 0 Å². The molecule has 4 nitrogen and oxygen atoms in total. The highest BCUT2D eigenvalue weighted by molar-refractivity contribution is 7.73. The summed E-state index contributed by atoms with van der Waals surface area (Å²) < 4.78 is 1.94. The summed E-state index contributed by atoms with van der Waals surface area (Å²) >= 11 is 12.8. The van der Waals surface area contributed by atoms with Crippen molar-refractivity contribution in [3.05, 3.63) is 72.5 Å². The van der Waals surface area contributed by atoms with E-state index in [0.717, 1.165) is 5.56 Å². The summed E-state index contributed by atoms with van der Waals surface area (Å²) in [5, 5.41) is 12.7. The highest BCUT2D eigenvalue weighted by atomic mass is 35.5. The molecule has 1 aromatic heterocycles. The molecule has 7 heteroatoms. The Bertz CT molecular complexity index is 1220. The Morgan fingerprint density at radius 1 is 1.24 bits per heavy atom. The molecule has 25 heavy (non-hydrogen) atoms. The molecule has 0 unspecified atom stereocenters. The van der Waals surface area contributed by atoms with E-state index in [2.05, 4.69) is 4.99 Å². The minimum Gasteiger partial charge on any atom is -0.493 e. The van der Waals surface area contributed by atoms with Crippen molar-refractivity contribution in [2.75, 3.05) is 0 Å². The first-order valence-electron chi connectivity index (χ1n) is 7.41. The Morgan fingerprint density at radius 3 is 2.76 bits per heavy atom. The van der Waals surface area contributed by atoms with Gasteiger partial charge in [0.2, 0.25) is 5.88 Å². The third kappa shape index (κ3) is 2.54. The Hall–Kier alpha value is -2.28. The summed E-state index contributed by atoms with van der Waals surface area (Å²) in [5.74, 6) is -0.452. The zero-order chi connectivity index (χ0) is 17.7. The molecule has 1 N–H and O–H groups in total. The summed E-state index contributed by atoms with van der Waals surface area (Å²) in [6.07, 6.45) is 0. The van der Waals surface area contributed by atoms with E-state index in [1.54, 1.807) is 12.1 Å². The third-order valence-corrected chi connectivity index (χ3v) is 5.82. The number of hydrogen-bond acceptors (Lipinski definition) is 4. The molecule has 2 aromatic carbocycles. The molecule has 0 fully saturated rings. The molecular weight excluding hydrogens is 376 g/mol. The second kappa shape index (κ2) is 5.91. The number of halogens is 1. The maximum atomic E-state index is 12.4. The number of amides is 1. The lowest BCUT2D eigenvalue weighted by Crippen LogP contribution is -2.22. The van der Waals surface area contributed by atoms with Crippen LogP contribution in [0.5, 0.6) is 5.88 Å². The van der Waals surface area contributed by atoms with E-state index in [1.165, 1.54) is 15.9 Å². The van der Waals surface area contributed by atoms with Gasteiger partial charge in [0.05, 0.1) is 16.6 Å². The summed E-state index contributed by atoms with van der Waals surface area (Å²) in [6, 6.07) is 12.7. The highest BCUT2D eigenvalue weighted by Gasteiger charge is 2.25. The number of aromatic hydroxyl groups is 1. The van der Waals surface area contributed by atoms with Gasteiger partial charge in [-0.05, 0) is 42.9 Å². The van der Waals surface area contributed by atoms with Gasteiger partial charge in [-0.3, -0.25) is 9.36 Å². The monoisotopic (exact) mass is 386 g/mol. The van der Waals surface area contributed by atoms with Crippen LogP contribution in [-0.4, -0.2) is 15.6 Å². The molecule has 0 saturated heterocycles. The Kier molecular flexibility index (Phi) is 3.83. The van der Waals surface area contributed by atoms with Crippen LogP contribution in [0.3, 0.4) is 0 Å². The lowest BCUT2D eigenvalue weighted by molar-refractivity contribution is -0.112. The van der Waals surface area contributed by atoms with Crippen LogP contribution in [0.4, 0.5) is 0 Å². The molecule has 4 rings (SSSR count). The number of aryl methyl sites for hydroxylation is 1. The number of carbonyl (C=O) groups is 1. The first-order chi connectivity index (χ1) is 12.0. The summed E-state index contributed by atoms with van der Waals surface area (Å²) in [6.45, 7) is 1.90. The van der Waals surface area contributed by atoms with Crippen molar-refractivity contribution < 1.29 is 9.90 Å². The Balaban J connectivity index is 1.99. The lowest BCUT2D eigenvalue weighted by Gasteiger charge is -2.07. The fourth-order valence-corrected chi connectivity index (χ4v) is 4.32. The van der Waals surface area contributed by atoms with Crippen molar-refractivity contribution in [3.8, 4) is 11.6 Å². The molecule has 1 aliphatic heterocycles. The number of fused-ring (bicyclic) bond motifs is 1. The number of carbonyl (C=O) groups excluding carboxylic acids is 1. The second-order valence-electron chi connectivity index (χ2n) is 5.60. The zero-order valence-corrected chi connectivity index (χ0v) is 15.4. The summed E-state index contributed by atoms with van der Waals surface area (Å²) in [5.41, 5.74) is 1.96. The van der Waals surface area contributed by atoms with Crippen LogP contribution in [-0.2, 0) is 4.79 Å². The van der Waals surface area contributed by atoms with E-state index < -0.39 is 0 Å². The van der Waals surface area contributed by atoms with E-state index in [1.807, 2.05) is 37.3 Å². The smallest absolute Gasteiger partial charge is 0.279 e. The van der Waals surface area contributed by atoms with Crippen LogP contribution in [0.15, 0.2) is 47.5 Å². The van der Waals surface area contributed by atoms with Gasteiger partial charge in [-0.2, -0.15) is 0 Å². The minimum atomic E-state index is -0.373. The molecule has 2 heterocycles. The number of thiazole rings is 1. The predicted octanol–water partition coefficient (Wildman–Crippen LogP) is 3.29. The lowest BCUT2D eigenvalue weighted by atomic mass is 10.1. The largest absolute Gasteiger partial charge is 0.493 e. The molecule has 3 aromatic rings. The van der Waals surface area contributed by atoms with Crippen LogP contribution in [0, 0.1) is 10.9 Å². The van der Waals surface area contributed by atoms with Gasteiger partial charge in [0.1, 0.15) is 4.88 Å². The van der Waals surface area contributed by atoms with E-state index in [0.29, 0.717) is 35.7 Å². The third-order valence-electron chi connectivity index (χ3n) is 4.04. The van der Waals surface area contributed by atoms with Gasteiger partial charge < -0.3 is 5.11 Å². The molecule has 1 aliphatic rings. The van der Waals surface area contributed by atoms with Gasteiger partial charge in [0, 0.05) is 10.2 Å². The molecular formula is C18H11ClN2O2S2. The van der Waals surface area contributed by atoms with E-state index in [9.17, 15) is 9.90 Å². The standard InChI is InChI=1S/C18H11ClN2O2S2/c1-9-6-7-10(8-12(9)19)21-17(23)15(25-18(21)24)14-11-4-2-3-5-13(11)20-16(14)22/h2-8,23H,1H3. The van der Waals surface area contributed by atoms with Crippen molar-refractivity contribution in [3.63, 3.8) is 0 Å². The predicted molar refractivity (Wildman–Crippen MR) is 101 cm³/mol. The van der Waals surface area contributed by atoms with Crippen molar-refractivity contribution >= 4 is 46.6 Å². The fraction of sp³-hybridized carbons (Fsp3) is 0.0556. The first-order valence-corrected chi connectivity index (χ1v) is 9.02. The number of aromatic nitrogens is 1. The van der Waals surface area contributed by atoms with Crippen LogP contribution in [0.1, 0.15) is 10.4 Å². The van der Waals surface area contributed by atoms with Crippen molar-refractivity contribution in [2.24, 2.45) is 4.99 Å². The van der Waals surface area contributed by atoms with Gasteiger partial charge in [-0.15, -0.1) is 11.3 Å². The summed E-state index contributed by atoms with van der Waals surface area (Å²) in [7, 11) is 0. The van der Waals surface area contributed by atoms with Crippen molar-refractivity contribution in [1.82, 2.24) is 4.57 Å². The number of hydrogen-bond donors (Lipinski definition) is 1. The Labute approximate surface area is 157 Å². The normalized spacial score (nSPS) is 13.0. The molecule has 0 spiro atoms. The zero-order valence-electron chi connectivity index (χ0n) is 13.0. The number of nitrogens with zero attached hydrogens (tertiary/aromatic N) is 2. The second-order valence-corrected chi connectivity index (χ2v) is 7.65. The molecule has 0 saturated carbocycles. The average molecular weight is 387 g/mol. The number of rotatable bonds is 2. The molecule has 0 aliphatic carbocycles. The SMILES string of the molecule is Cc1ccc(-n2c(O)c(C3=c4ccccc4=NC3=O)sc2=S)cc1Cl. The maximum absolute atomic E-state index is 12.4. The average Bonchev–Trinajstić information content (AvgIpc) is 3.05. The fourth-order valence-electron chi connectivity index (χ4n) is 2.76. The van der Waals surface area contributed by atoms with E-state index >= 15 is 0 Å². The van der Waals surface area contributed by atoms with Crippen LogP contribution in [0.25, 0.3) is 11.3 Å². The minimum absolute atomic E-state index is 0.0785. The van der Waals surface area contributed by atoms with E-state index in [-0.39, 0.29) is 11.8 Å². The maximum Gasteiger partial charge on any atom is 0.279 e. The van der Waals surface area contributed by atoms with Crippen LogP contribution < -0.4 is 10.6 Å². The van der Waals surface area contributed by atoms with E-state index in [4.69, 9.17) is 23.8 Å². The first kappa shape index (κ1) is 16.2. The quantitative estimate of drug-likeness (QED) is 0.687. The van der Waals surface area contributed by atoms with Gasteiger partial charge in [-0.1, -0.05) is 35.9 Å². The molecule has 124 valence electrons. The Morgan fingerprint density at radius 2 is 2.00 bits per heavy atom.